The zero-order valence-corrected chi connectivity index (χ0v) is 14.6. The topological polar surface area (TPSA) is 46.3 Å². The number of nitrogens with zero attached hydrogens (tertiary/aromatic N) is 2. The second-order valence-electron chi connectivity index (χ2n) is 6.55. The summed E-state index contributed by atoms with van der Waals surface area (Å²) in [4.78, 5) is 18.6. The third-order valence-electron chi connectivity index (χ3n) is 4.70. The zero-order valence-electron chi connectivity index (χ0n) is 14.6. The molecule has 3 aromatic rings. The smallest absolute Gasteiger partial charge is 0.227 e. The number of aromatic nitrogens is 1. The largest absolute Gasteiger partial charge is 0.441 e. The average molecular weight is 368 g/mol. The molecule has 1 amide bonds. The fourth-order valence-electron chi connectivity index (χ4n) is 3.35. The maximum Gasteiger partial charge on any atom is 0.227 e. The Morgan fingerprint density at radius 3 is 2.70 bits per heavy atom. The highest BCUT2D eigenvalue weighted by molar-refractivity contribution is 5.94. The molecule has 1 aliphatic heterocycles. The lowest BCUT2D eigenvalue weighted by Gasteiger charge is -2.29. The van der Waals surface area contributed by atoms with Crippen LogP contribution in [0.2, 0.25) is 0 Å². The highest BCUT2D eigenvalue weighted by Crippen LogP contribution is 2.28. The van der Waals surface area contributed by atoms with Gasteiger partial charge >= 0.3 is 0 Å². The first-order valence-corrected chi connectivity index (χ1v) is 8.89. The Hall–Kier alpha value is -3.02. The van der Waals surface area contributed by atoms with E-state index in [9.17, 15) is 13.6 Å². The van der Waals surface area contributed by atoms with Gasteiger partial charge in [-0.15, -0.1) is 0 Å². The van der Waals surface area contributed by atoms with Gasteiger partial charge in [0.25, 0.3) is 0 Å². The fourth-order valence-corrected chi connectivity index (χ4v) is 3.35. The molecule has 4 nitrogen and oxygen atoms in total. The van der Waals surface area contributed by atoms with Crippen molar-refractivity contribution in [2.24, 2.45) is 0 Å². The first kappa shape index (κ1) is 17.4. The van der Waals surface area contributed by atoms with Crippen molar-refractivity contribution in [1.29, 1.82) is 0 Å². The first-order chi connectivity index (χ1) is 13.1. The van der Waals surface area contributed by atoms with Gasteiger partial charge < -0.3 is 9.32 Å². The van der Waals surface area contributed by atoms with Gasteiger partial charge in [-0.3, -0.25) is 4.79 Å². The average Bonchev–Trinajstić information content (AvgIpc) is 3.15. The number of aryl methyl sites for hydroxylation is 2. The summed E-state index contributed by atoms with van der Waals surface area (Å²) in [7, 11) is 0. The lowest BCUT2D eigenvalue weighted by Crippen LogP contribution is -2.35. The number of fused-ring (bicyclic) bond motifs is 1. The van der Waals surface area contributed by atoms with Crippen molar-refractivity contribution in [3.05, 3.63) is 71.8 Å². The quantitative estimate of drug-likeness (QED) is 0.680. The van der Waals surface area contributed by atoms with Crippen molar-refractivity contribution in [3.63, 3.8) is 0 Å². The van der Waals surface area contributed by atoms with Crippen LogP contribution in [0.3, 0.4) is 0 Å². The summed E-state index contributed by atoms with van der Waals surface area (Å²) in [5.74, 6) is 0.362. The Morgan fingerprint density at radius 1 is 1.11 bits per heavy atom. The van der Waals surface area contributed by atoms with Gasteiger partial charge in [0, 0.05) is 30.6 Å². The first-order valence-electron chi connectivity index (χ1n) is 8.89. The summed E-state index contributed by atoms with van der Waals surface area (Å²) in [5, 5.41) is 0. The molecular formula is C21H18F2N2O2. The Labute approximate surface area is 155 Å². The molecule has 0 spiro atoms. The molecule has 0 aliphatic carbocycles. The minimum absolute atomic E-state index is 0.0379. The van der Waals surface area contributed by atoms with Crippen molar-refractivity contribution in [3.8, 4) is 11.3 Å². The van der Waals surface area contributed by atoms with Crippen LogP contribution in [0.25, 0.3) is 11.3 Å². The van der Waals surface area contributed by atoms with E-state index in [1.165, 1.54) is 24.3 Å². The molecule has 27 heavy (non-hydrogen) atoms. The molecule has 0 saturated carbocycles. The van der Waals surface area contributed by atoms with Gasteiger partial charge in [0.1, 0.15) is 11.6 Å². The van der Waals surface area contributed by atoms with Gasteiger partial charge in [-0.25, -0.2) is 13.8 Å². The number of benzene rings is 2. The van der Waals surface area contributed by atoms with E-state index in [1.54, 1.807) is 29.3 Å². The Morgan fingerprint density at radius 2 is 1.89 bits per heavy atom. The Bertz CT molecular complexity index is 967. The molecule has 4 rings (SSSR count). The van der Waals surface area contributed by atoms with E-state index in [-0.39, 0.29) is 24.0 Å². The molecule has 0 fully saturated rings. The number of hydrogen-bond acceptors (Lipinski definition) is 3. The number of carbonyl (C=O) groups excluding carboxylic acids is 1. The molecule has 2 heterocycles. The number of anilines is 1. The van der Waals surface area contributed by atoms with Crippen molar-refractivity contribution in [2.45, 2.75) is 25.7 Å². The molecule has 0 unspecified atom stereocenters. The van der Waals surface area contributed by atoms with E-state index in [4.69, 9.17) is 4.42 Å². The van der Waals surface area contributed by atoms with Crippen LogP contribution < -0.4 is 4.90 Å². The predicted octanol–water partition coefficient (Wildman–Crippen LogP) is 4.53. The lowest BCUT2D eigenvalue weighted by molar-refractivity contribution is -0.118. The molecule has 6 heteroatoms. The van der Waals surface area contributed by atoms with Crippen LogP contribution in [0.4, 0.5) is 14.5 Å². The van der Waals surface area contributed by atoms with Gasteiger partial charge in [-0.05, 0) is 60.9 Å². The van der Waals surface area contributed by atoms with Crippen LogP contribution in [0.1, 0.15) is 24.3 Å². The SMILES string of the molecule is O=C(CCc1ncc(-c2ccc(F)cc2)o1)N1CCCc2cc(F)ccc21. The second kappa shape index (κ2) is 7.31. The van der Waals surface area contributed by atoms with Gasteiger partial charge in [0.2, 0.25) is 5.91 Å². The normalized spacial score (nSPS) is 13.5. The number of hydrogen-bond donors (Lipinski definition) is 0. The van der Waals surface area contributed by atoms with Crippen molar-refractivity contribution in [1.82, 2.24) is 4.98 Å². The molecule has 0 saturated heterocycles. The van der Waals surface area contributed by atoms with E-state index in [0.717, 1.165) is 29.7 Å². The molecule has 1 aliphatic rings. The monoisotopic (exact) mass is 368 g/mol. The number of amides is 1. The van der Waals surface area contributed by atoms with Crippen LogP contribution in [0.15, 0.2) is 53.1 Å². The number of halogens is 2. The minimum Gasteiger partial charge on any atom is -0.441 e. The highest BCUT2D eigenvalue weighted by atomic mass is 19.1. The van der Waals surface area contributed by atoms with Crippen LogP contribution in [0.5, 0.6) is 0 Å². The number of carbonyl (C=O) groups is 1. The van der Waals surface area contributed by atoms with Gasteiger partial charge in [0.05, 0.1) is 6.20 Å². The van der Waals surface area contributed by atoms with Crippen LogP contribution >= 0.6 is 0 Å². The summed E-state index contributed by atoms with van der Waals surface area (Å²) in [6.07, 6.45) is 3.78. The van der Waals surface area contributed by atoms with E-state index in [1.807, 2.05) is 0 Å². The highest BCUT2D eigenvalue weighted by Gasteiger charge is 2.23. The van der Waals surface area contributed by atoms with Crippen LogP contribution in [0, 0.1) is 11.6 Å². The maximum atomic E-state index is 13.4. The summed E-state index contributed by atoms with van der Waals surface area (Å²) in [6.45, 7) is 0.629. The summed E-state index contributed by atoms with van der Waals surface area (Å²) in [6, 6.07) is 10.5. The molecule has 2 aromatic carbocycles. The van der Waals surface area contributed by atoms with Crippen molar-refractivity contribution < 1.29 is 18.0 Å². The van der Waals surface area contributed by atoms with Crippen LogP contribution in [-0.4, -0.2) is 17.4 Å². The van der Waals surface area contributed by atoms with Crippen molar-refractivity contribution >= 4 is 11.6 Å². The Kier molecular flexibility index (Phi) is 4.71. The number of rotatable bonds is 4. The molecule has 1 aromatic heterocycles. The summed E-state index contributed by atoms with van der Waals surface area (Å²) in [5.41, 5.74) is 2.38. The molecule has 0 bridgehead atoms. The number of oxazole rings is 1. The Balaban J connectivity index is 1.43. The third kappa shape index (κ3) is 3.74. The van der Waals surface area contributed by atoms with E-state index >= 15 is 0 Å². The maximum absolute atomic E-state index is 13.4. The van der Waals surface area contributed by atoms with Crippen molar-refractivity contribution in [2.75, 3.05) is 11.4 Å². The molecule has 0 atom stereocenters. The van der Waals surface area contributed by atoms with Gasteiger partial charge in [-0.2, -0.15) is 0 Å². The van der Waals surface area contributed by atoms with Gasteiger partial charge in [0.15, 0.2) is 11.7 Å². The molecule has 0 radical (unpaired) electrons. The van der Waals surface area contributed by atoms with E-state index in [2.05, 4.69) is 4.98 Å². The summed E-state index contributed by atoms with van der Waals surface area (Å²) >= 11 is 0. The van der Waals surface area contributed by atoms with E-state index < -0.39 is 0 Å². The van der Waals surface area contributed by atoms with Gasteiger partial charge in [-0.1, -0.05) is 0 Å². The molecular weight excluding hydrogens is 350 g/mol. The fraction of sp³-hybridized carbons (Fsp3) is 0.238. The standard InChI is InChI=1S/C21H18F2N2O2/c22-16-5-3-14(4-6-16)19-13-24-20(27-19)9-10-21(26)25-11-1-2-15-12-17(23)7-8-18(15)25/h3-8,12-13H,1-2,9-11H2. The lowest BCUT2D eigenvalue weighted by atomic mass is 10.0. The molecule has 138 valence electrons. The van der Waals surface area contributed by atoms with Crippen LogP contribution in [-0.2, 0) is 17.6 Å². The predicted molar refractivity (Wildman–Crippen MR) is 97.3 cm³/mol. The zero-order chi connectivity index (χ0) is 18.8. The third-order valence-corrected chi connectivity index (χ3v) is 4.70. The minimum atomic E-state index is -0.314. The second-order valence-corrected chi connectivity index (χ2v) is 6.55. The van der Waals surface area contributed by atoms with E-state index in [0.29, 0.717) is 24.6 Å². The summed E-state index contributed by atoms with van der Waals surface area (Å²) < 4.78 is 32.1. The molecule has 0 N–H and O–H groups in total.